The molecule has 2 aromatic rings. The average Bonchev–Trinajstić information content (AvgIpc) is 2.86. The van der Waals surface area contributed by atoms with Gasteiger partial charge in [-0.05, 0) is 67.8 Å². The van der Waals surface area contributed by atoms with Gasteiger partial charge in [0.25, 0.3) is 0 Å². The molecule has 34 heavy (non-hydrogen) atoms. The molecule has 5 heteroatoms. The van der Waals surface area contributed by atoms with Crippen LogP contribution in [0.3, 0.4) is 0 Å². The maximum Gasteiger partial charge on any atom is 0.338 e. The van der Waals surface area contributed by atoms with Crippen LogP contribution in [0.25, 0.3) is 0 Å². The van der Waals surface area contributed by atoms with Crippen LogP contribution in [0.1, 0.15) is 59.8 Å². The minimum absolute atomic E-state index is 0.257. The third kappa shape index (κ3) is 8.84. The van der Waals surface area contributed by atoms with Gasteiger partial charge in [0.2, 0.25) is 0 Å². The molecule has 0 N–H and O–H groups in total. The van der Waals surface area contributed by atoms with E-state index < -0.39 is 0 Å². The molecule has 0 unspecified atom stereocenters. The number of carbonyl (C=O) groups is 1. The summed E-state index contributed by atoms with van der Waals surface area (Å²) in [5.74, 6) is 5.75. The Kier molecular flexibility index (Phi) is 13.0. The number of halogens is 1. The molecule has 0 radical (unpaired) electrons. The second kappa shape index (κ2) is 15.4. The number of hydrogen-bond acceptors (Lipinski definition) is 4. The van der Waals surface area contributed by atoms with Gasteiger partial charge in [0.1, 0.15) is 0 Å². The number of aryl methyl sites for hydroxylation is 3. The lowest BCUT2D eigenvalue weighted by Crippen LogP contribution is -2.04. The van der Waals surface area contributed by atoms with Crippen molar-refractivity contribution in [2.45, 2.75) is 47.0 Å². The number of rotatable bonds is 7. The Balaban J connectivity index is 0.000000380. The minimum atomic E-state index is -0.257. The number of ether oxygens (including phenoxy) is 1. The van der Waals surface area contributed by atoms with Crippen LogP contribution in [-0.4, -0.2) is 26.0 Å². The van der Waals surface area contributed by atoms with E-state index >= 15 is 0 Å². The van der Waals surface area contributed by atoms with Gasteiger partial charge in [0, 0.05) is 23.6 Å². The van der Waals surface area contributed by atoms with Crippen LogP contribution in [0.4, 0.5) is 5.69 Å². The number of nitrogens with zero attached hydrogens (tertiary/aromatic N) is 2. The van der Waals surface area contributed by atoms with Crippen LogP contribution in [-0.2, 0) is 17.6 Å². The SMILES string of the molecule is C=C/C(C#Cc1cc(N=CCC)c(CC)cc1Cl)=C\N=C.CCc1ccc(C)c(C(=O)OC)c1. The second-order valence-electron chi connectivity index (χ2n) is 7.25. The Hall–Kier alpha value is -3.42. The number of aliphatic imine (C=N–C) groups is 2. The molecule has 2 rings (SSSR count). The summed E-state index contributed by atoms with van der Waals surface area (Å²) in [5.41, 5.74) is 6.26. The monoisotopic (exact) mass is 476 g/mol. The zero-order valence-corrected chi connectivity index (χ0v) is 21.5. The van der Waals surface area contributed by atoms with Crippen molar-refractivity contribution < 1.29 is 9.53 Å². The van der Waals surface area contributed by atoms with Gasteiger partial charge in [-0.25, -0.2) is 4.79 Å². The standard InChI is InChI=1S/C18H19ClN2.C11H14O2/c1-5-10-21-18-12-16(17(19)11-15(18)7-3)9-8-14(6-2)13-20-4;1-4-9-6-5-8(2)10(7-9)11(12)13-3/h6,10-13H,2,4-5,7H2,1,3H3;5-7H,4H2,1-3H3/b14-13+,21-10?;. The van der Waals surface area contributed by atoms with Gasteiger partial charge in [0.15, 0.2) is 0 Å². The van der Waals surface area contributed by atoms with Crippen LogP contribution >= 0.6 is 11.6 Å². The van der Waals surface area contributed by atoms with E-state index in [2.05, 4.69) is 60.6 Å². The first-order valence-corrected chi connectivity index (χ1v) is 11.6. The average molecular weight is 477 g/mol. The highest BCUT2D eigenvalue weighted by molar-refractivity contribution is 6.32. The normalized spacial score (nSPS) is 10.6. The van der Waals surface area contributed by atoms with E-state index in [-0.39, 0.29) is 5.97 Å². The molecular weight excluding hydrogens is 444 g/mol. The quantitative estimate of drug-likeness (QED) is 0.180. The highest BCUT2D eigenvalue weighted by atomic mass is 35.5. The lowest BCUT2D eigenvalue weighted by Gasteiger charge is -2.06. The molecule has 0 saturated heterocycles. The number of methoxy groups -OCH3 is 1. The smallest absolute Gasteiger partial charge is 0.338 e. The molecule has 2 aromatic carbocycles. The molecule has 0 atom stereocenters. The second-order valence-corrected chi connectivity index (χ2v) is 7.66. The van der Waals surface area contributed by atoms with E-state index in [0.29, 0.717) is 16.2 Å². The molecule has 178 valence electrons. The highest BCUT2D eigenvalue weighted by Crippen LogP contribution is 2.27. The minimum Gasteiger partial charge on any atom is -0.465 e. The van der Waals surface area contributed by atoms with Crippen LogP contribution in [0, 0.1) is 18.8 Å². The van der Waals surface area contributed by atoms with E-state index in [1.54, 1.807) is 12.3 Å². The topological polar surface area (TPSA) is 51.0 Å². The lowest BCUT2D eigenvalue weighted by molar-refractivity contribution is 0.0600. The van der Waals surface area contributed by atoms with E-state index in [9.17, 15) is 4.79 Å². The molecule has 0 amide bonds. The van der Waals surface area contributed by atoms with Crippen LogP contribution in [0.15, 0.2) is 64.7 Å². The largest absolute Gasteiger partial charge is 0.465 e. The fraction of sp³-hybridized carbons (Fsp3) is 0.276. The third-order valence-electron chi connectivity index (χ3n) is 4.87. The lowest BCUT2D eigenvalue weighted by atomic mass is 10.0. The van der Waals surface area contributed by atoms with Crippen molar-refractivity contribution in [3.8, 4) is 11.8 Å². The van der Waals surface area contributed by atoms with E-state index in [1.807, 2.05) is 43.5 Å². The van der Waals surface area contributed by atoms with Gasteiger partial charge >= 0.3 is 5.97 Å². The summed E-state index contributed by atoms with van der Waals surface area (Å²) in [6, 6.07) is 9.72. The molecule has 0 saturated carbocycles. The first kappa shape index (κ1) is 28.6. The van der Waals surface area contributed by atoms with Crippen LogP contribution in [0.2, 0.25) is 5.02 Å². The summed E-state index contributed by atoms with van der Waals surface area (Å²) in [4.78, 5) is 19.4. The molecule has 0 heterocycles. The summed E-state index contributed by atoms with van der Waals surface area (Å²) < 4.78 is 4.68. The van der Waals surface area contributed by atoms with Crippen molar-refractivity contribution in [2.75, 3.05) is 7.11 Å². The van der Waals surface area contributed by atoms with Crippen molar-refractivity contribution in [1.82, 2.24) is 0 Å². The van der Waals surface area contributed by atoms with Crippen LogP contribution in [0.5, 0.6) is 0 Å². The van der Waals surface area contributed by atoms with Crippen molar-refractivity contribution in [2.24, 2.45) is 9.98 Å². The van der Waals surface area contributed by atoms with Gasteiger partial charge in [0.05, 0.1) is 23.4 Å². The molecule has 0 aliphatic rings. The van der Waals surface area contributed by atoms with Gasteiger partial charge in [-0.2, -0.15) is 0 Å². The number of allylic oxidation sites excluding steroid dienone is 2. The summed E-state index contributed by atoms with van der Waals surface area (Å²) in [5, 5.41) is 0.629. The molecule has 0 aliphatic carbocycles. The molecule has 0 aromatic heterocycles. The van der Waals surface area contributed by atoms with Gasteiger partial charge in [-0.15, -0.1) is 0 Å². The van der Waals surface area contributed by atoms with Crippen molar-refractivity contribution in [3.63, 3.8) is 0 Å². The molecular formula is C29H33ClN2O2. The Labute approximate surface area is 209 Å². The zero-order valence-electron chi connectivity index (χ0n) is 20.7. The number of hydrogen-bond donors (Lipinski definition) is 0. The molecule has 0 aliphatic heterocycles. The zero-order chi connectivity index (χ0) is 25.5. The molecule has 0 bridgehead atoms. The number of carbonyl (C=O) groups excluding carboxylic acids is 1. The Morgan fingerprint density at radius 2 is 1.91 bits per heavy atom. The maximum atomic E-state index is 11.3. The Bertz CT molecular complexity index is 1130. The Morgan fingerprint density at radius 1 is 1.18 bits per heavy atom. The maximum absolute atomic E-state index is 11.3. The third-order valence-corrected chi connectivity index (χ3v) is 5.18. The summed E-state index contributed by atoms with van der Waals surface area (Å²) in [6.45, 7) is 15.2. The fourth-order valence-corrected chi connectivity index (χ4v) is 3.12. The number of esters is 1. The molecule has 4 nitrogen and oxygen atoms in total. The predicted octanol–water partition coefficient (Wildman–Crippen LogP) is 7.48. The van der Waals surface area contributed by atoms with Gasteiger partial charge in [-0.3, -0.25) is 9.98 Å². The van der Waals surface area contributed by atoms with Crippen molar-refractivity contribution >= 4 is 36.2 Å². The Morgan fingerprint density at radius 3 is 2.47 bits per heavy atom. The van der Waals surface area contributed by atoms with Gasteiger partial charge in [-0.1, -0.05) is 69.0 Å². The van der Waals surface area contributed by atoms with E-state index in [4.69, 9.17) is 11.6 Å². The predicted molar refractivity (Wildman–Crippen MR) is 146 cm³/mol. The van der Waals surface area contributed by atoms with E-state index in [0.717, 1.165) is 47.2 Å². The highest BCUT2D eigenvalue weighted by Gasteiger charge is 2.08. The molecule has 0 spiro atoms. The fourth-order valence-electron chi connectivity index (χ4n) is 2.88. The van der Waals surface area contributed by atoms with Crippen LogP contribution < -0.4 is 0 Å². The molecule has 0 fully saturated rings. The summed E-state index contributed by atoms with van der Waals surface area (Å²) in [7, 11) is 1.40. The number of benzene rings is 2. The summed E-state index contributed by atoms with van der Waals surface area (Å²) in [6.07, 6.45) is 7.78. The first-order chi connectivity index (χ1) is 16.3. The van der Waals surface area contributed by atoms with Crippen molar-refractivity contribution in [3.05, 3.63) is 87.6 Å². The summed E-state index contributed by atoms with van der Waals surface area (Å²) >= 11 is 6.28. The van der Waals surface area contributed by atoms with E-state index in [1.165, 1.54) is 7.11 Å². The van der Waals surface area contributed by atoms with Gasteiger partial charge < -0.3 is 4.74 Å². The van der Waals surface area contributed by atoms with Crippen molar-refractivity contribution in [1.29, 1.82) is 0 Å². The first-order valence-electron chi connectivity index (χ1n) is 11.2.